The Labute approximate surface area is 143 Å². The smallest absolute Gasteiger partial charge is 0.307 e. The molecule has 1 aliphatic carbocycles. The Kier molecular flexibility index (Phi) is 5.52. The molecule has 1 saturated carbocycles. The summed E-state index contributed by atoms with van der Waals surface area (Å²) < 4.78 is 5.34. The predicted molar refractivity (Wildman–Crippen MR) is 93.4 cm³/mol. The highest BCUT2D eigenvalue weighted by Gasteiger charge is 2.36. The lowest BCUT2D eigenvalue weighted by Crippen LogP contribution is -2.36. The minimum absolute atomic E-state index is 0.0554. The van der Waals surface area contributed by atoms with Gasteiger partial charge in [0.05, 0.1) is 24.6 Å². The van der Waals surface area contributed by atoms with E-state index in [-0.39, 0.29) is 11.3 Å². The first kappa shape index (κ1) is 18.3. The molecule has 1 aliphatic rings. The molecular formula is C19H27NO4. The van der Waals surface area contributed by atoms with Gasteiger partial charge < -0.3 is 15.2 Å². The Hall–Kier alpha value is -2.04. The average Bonchev–Trinajstić information content (AvgIpc) is 2.53. The van der Waals surface area contributed by atoms with Gasteiger partial charge in [-0.1, -0.05) is 39.7 Å². The molecule has 0 bridgehead atoms. The van der Waals surface area contributed by atoms with Crippen LogP contribution in [0.2, 0.25) is 0 Å². The van der Waals surface area contributed by atoms with Gasteiger partial charge in [0, 0.05) is 0 Å². The van der Waals surface area contributed by atoms with Crippen molar-refractivity contribution < 1.29 is 19.4 Å². The number of carboxylic acid groups (broad SMARTS) is 1. The third-order valence-electron chi connectivity index (χ3n) is 4.74. The first-order valence-corrected chi connectivity index (χ1v) is 8.46. The lowest BCUT2D eigenvalue weighted by Gasteiger charge is -2.28. The van der Waals surface area contributed by atoms with Crippen molar-refractivity contribution in [2.24, 2.45) is 11.8 Å². The predicted octanol–water partition coefficient (Wildman–Crippen LogP) is 3.82. The third-order valence-corrected chi connectivity index (χ3v) is 4.74. The second kappa shape index (κ2) is 7.24. The Morgan fingerprint density at radius 1 is 1.17 bits per heavy atom. The molecule has 5 nitrogen and oxygen atoms in total. The number of carboxylic acids is 1. The zero-order valence-electron chi connectivity index (χ0n) is 14.9. The maximum absolute atomic E-state index is 12.7. The third kappa shape index (κ3) is 4.08. The molecule has 1 amide bonds. The number of methoxy groups -OCH3 is 1. The van der Waals surface area contributed by atoms with Crippen LogP contribution in [0.25, 0.3) is 0 Å². The number of carbonyl (C=O) groups excluding carboxylic acids is 1. The molecule has 0 unspecified atom stereocenters. The second-order valence-electron chi connectivity index (χ2n) is 7.49. The van der Waals surface area contributed by atoms with Gasteiger partial charge in [-0.15, -0.1) is 0 Å². The number of benzene rings is 1. The van der Waals surface area contributed by atoms with E-state index in [9.17, 15) is 14.7 Å². The number of rotatable bonds is 4. The summed E-state index contributed by atoms with van der Waals surface area (Å²) >= 11 is 0. The van der Waals surface area contributed by atoms with Gasteiger partial charge >= 0.3 is 5.97 Å². The van der Waals surface area contributed by atoms with Gasteiger partial charge in [0.15, 0.2) is 0 Å². The number of anilines is 1. The van der Waals surface area contributed by atoms with Crippen LogP contribution in [0.3, 0.4) is 0 Å². The van der Waals surface area contributed by atoms with E-state index in [0.29, 0.717) is 24.3 Å². The maximum atomic E-state index is 12.7. The van der Waals surface area contributed by atoms with Crippen molar-refractivity contribution in [1.29, 1.82) is 0 Å². The van der Waals surface area contributed by atoms with Crippen LogP contribution < -0.4 is 10.1 Å². The van der Waals surface area contributed by atoms with Crippen LogP contribution in [0.15, 0.2) is 18.2 Å². The number of hydrogen-bond acceptors (Lipinski definition) is 3. The summed E-state index contributed by atoms with van der Waals surface area (Å²) in [6.45, 7) is 6.30. The normalized spacial score (nSPS) is 21.2. The highest BCUT2D eigenvalue weighted by atomic mass is 16.5. The van der Waals surface area contributed by atoms with Crippen molar-refractivity contribution in [3.63, 3.8) is 0 Å². The first-order valence-electron chi connectivity index (χ1n) is 8.46. The van der Waals surface area contributed by atoms with Crippen LogP contribution in [0, 0.1) is 11.8 Å². The molecule has 5 heteroatoms. The molecule has 1 fully saturated rings. The SMILES string of the molecule is COc1ccc(C(C)(C)C)cc1NC(=O)[C@H]1CCCC[C@H]1C(=O)O. The molecule has 0 saturated heterocycles. The Balaban J connectivity index is 2.25. The van der Waals surface area contributed by atoms with Gasteiger partial charge in [-0.05, 0) is 36.0 Å². The monoisotopic (exact) mass is 333 g/mol. The Morgan fingerprint density at radius 2 is 1.79 bits per heavy atom. The van der Waals surface area contributed by atoms with E-state index in [1.807, 2.05) is 18.2 Å². The number of ether oxygens (including phenoxy) is 1. The van der Waals surface area contributed by atoms with Crippen LogP contribution in [0.1, 0.15) is 52.0 Å². The van der Waals surface area contributed by atoms with Gasteiger partial charge in [-0.2, -0.15) is 0 Å². The van der Waals surface area contributed by atoms with Crippen molar-refractivity contribution >= 4 is 17.6 Å². The average molecular weight is 333 g/mol. The summed E-state index contributed by atoms with van der Waals surface area (Å²) in [7, 11) is 1.56. The van der Waals surface area contributed by atoms with Crippen LogP contribution in [0.5, 0.6) is 5.75 Å². The van der Waals surface area contributed by atoms with Crippen molar-refractivity contribution in [2.75, 3.05) is 12.4 Å². The van der Waals surface area contributed by atoms with Crippen molar-refractivity contribution in [3.8, 4) is 5.75 Å². The standard InChI is InChI=1S/C19H27NO4/c1-19(2,3)12-9-10-16(24-4)15(11-12)20-17(21)13-7-5-6-8-14(13)18(22)23/h9-11,13-14H,5-8H2,1-4H3,(H,20,21)(H,22,23)/t13-,14+/m0/s1. The molecule has 0 aliphatic heterocycles. The minimum atomic E-state index is -0.884. The van der Waals surface area contributed by atoms with Crippen LogP contribution >= 0.6 is 0 Å². The zero-order chi connectivity index (χ0) is 17.9. The van der Waals surface area contributed by atoms with E-state index in [1.165, 1.54) is 0 Å². The van der Waals surface area contributed by atoms with Gasteiger partial charge in [-0.3, -0.25) is 9.59 Å². The summed E-state index contributed by atoms with van der Waals surface area (Å²) in [5.74, 6) is -1.62. The quantitative estimate of drug-likeness (QED) is 0.878. The lowest BCUT2D eigenvalue weighted by molar-refractivity contribution is -0.147. The zero-order valence-corrected chi connectivity index (χ0v) is 14.9. The molecule has 2 rings (SSSR count). The van der Waals surface area contributed by atoms with E-state index in [2.05, 4.69) is 26.1 Å². The van der Waals surface area contributed by atoms with Gasteiger partial charge in [-0.25, -0.2) is 0 Å². The van der Waals surface area contributed by atoms with Crippen LogP contribution in [-0.4, -0.2) is 24.1 Å². The molecule has 0 spiro atoms. The van der Waals surface area contributed by atoms with Crippen LogP contribution in [0.4, 0.5) is 5.69 Å². The minimum Gasteiger partial charge on any atom is -0.495 e. The van der Waals surface area contributed by atoms with Crippen molar-refractivity contribution in [2.45, 2.75) is 51.9 Å². The maximum Gasteiger partial charge on any atom is 0.307 e. The molecule has 0 radical (unpaired) electrons. The van der Waals surface area contributed by atoms with Crippen molar-refractivity contribution in [1.82, 2.24) is 0 Å². The number of hydrogen-bond donors (Lipinski definition) is 2. The molecule has 1 aromatic carbocycles. The van der Waals surface area contributed by atoms with E-state index in [0.717, 1.165) is 18.4 Å². The van der Waals surface area contributed by atoms with E-state index in [1.54, 1.807) is 7.11 Å². The number of amides is 1. The fourth-order valence-corrected chi connectivity index (χ4v) is 3.24. The topological polar surface area (TPSA) is 75.6 Å². The van der Waals surface area contributed by atoms with Gasteiger partial charge in [0.1, 0.15) is 5.75 Å². The van der Waals surface area contributed by atoms with Crippen molar-refractivity contribution in [3.05, 3.63) is 23.8 Å². The molecular weight excluding hydrogens is 306 g/mol. The summed E-state index contributed by atoms with van der Waals surface area (Å²) in [5, 5.41) is 12.3. The lowest BCUT2D eigenvalue weighted by atomic mass is 9.78. The molecule has 132 valence electrons. The number of nitrogens with one attached hydrogen (secondary N) is 1. The Bertz CT molecular complexity index is 618. The number of carbonyl (C=O) groups is 2. The Morgan fingerprint density at radius 3 is 2.33 bits per heavy atom. The van der Waals surface area contributed by atoms with E-state index in [4.69, 9.17) is 4.74 Å². The molecule has 0 aromatic heterocycles. The first-order chi connectivity index (χ1) is 11.2. The highest BCUT2D eigenvalue weighted by Crippen LogP contribution is 2.34. The summed E-state index contributed by atoms with van der Waals surface area (Å²) in [5.41, 5.74) is 1.63. The largest absolute Gasteiger partial charge is 0.495 e. The molecule has 2 atom stereocenters. The summed E-state index contributed by atoms with van der Waals surface area (Å²) in [6.07, 6.45) is 2.93. The van der Waals surface area contributed by atoms with Crippen LogP contribution in [-0.2, 0) is 15.0 Å². The summed E-state index contributed by atoms with van der Waals surface area (Å²) in [4.78, 5) is 24.1. The van der Waals surface area contributed by atoms with E-state index < -0.39 is 17.8 Å². The highest BCUT2D eigenvalue weighted by molar-refractivity contribution is 5.96. The number of aliphatic carboxylic acids is 1. The fourth-order valence-electron chi connectivity index (χ4n) is 3.24. The molecule has 2 N–H and O–H groups in total. The molecule has 1 aromatic rings. The van der Waals surface area contributed by atoms with Gasteiger partial charge in [0.25, 0.3) is 0 Å². The molecule has 0 heterocycles. The fraction of sp³-hybridized carbons (Fsp3) is 0.579. The van der Waals surface area contributed by atoms with E-state index >= 15 is 0 Å². The second-order valence-corrected chi connectivity index (χ2v) is 7.49. The molecule has 24 heavy (non-hydrogen) atoms. The summed E-state index contributed by atoms with van der Waals surface area (Å²) in [6, 6.07) is 5.73. The van der Waals surface area contributed by atoms with Gasteiger partial charge in [0.2, 0.25) is 5.91 Å².